The monoisotopic (exact) mass is 574 g/mol. The van der Waals surface area contributed by atoms with Crippen LogP contribution in [0.1, 0.15) is 48.4 Å². The van der Waals surface area contributed by atoms with Crippen molar-refractivity contribution in [3.8, 4) is 11.8 Å². The Balaban J connectivity index is 1.20. The molecule has 1 fully saturated rings. The number of hydrogen-bond donors (Lipinski definition) is 0. The molecular weight excluding hydrogens is 532 g/mol. The third kappa shape index (κ3) is 7.24. The molecule has 3 heterocycles. The molecule has 0 saturated carbocycles. The van der Waals surface area contributed by atoms with Gasteiger partial charge in [0.15, 0.2) is 5.69 Å². The van der Waals surface area contributed by atoms with Gasteiger partial charge in [0.05, 0.1) is 17.8 Å². The van der Waals surface area contributed by atoms with Crippen molar-refractivity contribution in [1.82, 2.24) is 9.78 Å². The van der Waals surface area contributed by atoms with E-state index in [1.54, 1.807) is 12.5 Å². The van der Waals surface area contributed by atoms with Crippen LogP contribution >= 0.6 is 0 Å². The Bertz CT molecular complexity index is 1370. The summed E-state index contributed by atoms with van der Waals surface area (Å²) in [6.45, 7) is 12.7. The number of aromatic nitrogens is 2. The zero-order valence-electron chi connectivity index (χ0n) is 24.8. The summed E-state index contributed by atoms with van der Waals surface area (Å²) in [6.07, 6.45) is 6.81. The van der Waals surface area contributed by atoms with Gasteiger partial charge in [-0.15, -0.1) is 0 Å². The molecule has 0 amide bonds. The van der Waals surface area contributed by atoms with E-state index in [1.165, 1.54) is 5.56 Å². The lowest BCUT2D eigenvalue weighted by atomic mass is 9.89. The minimum Gasteiger partial charge on any atom is -0.494 e. The van der Waals surface area contributed by atoms with Crippen molar-refractivity contribution in [2.24, 2.45) is 0 Å². The zero-order chi connectivity index (χ0) is 28.8. The van der Waals surface area contributed by atoms with Crippen LogP contribution in [-0.4, -0.2) is 50.4 Å². The van der Waals surface area contributed by atoms with Crippen molar-refractivity contribution in [3.63, 3.8) is 0 Å². The van der Waals surface area contributed by atoms with Gasteiger partial charge in [-0.05, 0) is 67.5 Å². The average molecular weight is 575 g/mol. The van der Waals surface area contributed by atoms with E-state index in [-0.39, 0.29) is 6.29 Å². The molecule has 1 aromatic heterocycles. The number of hydrogen-bond acceptors (Lipinski definition) is 7. The van der Waals surface area contributed by atoms with E-state index in [9.17, 15) is 5.26 Å². The predicted octanol–water partition coefficient (Wildman–Crippen LogP) is 6.92. The molecule has 2 aliphatic heterocycles. The van der Waals surface area contributed by atoms with Crippen LogP contribution in [0.5, 0.6) is 5.75 Å². The summed E-state index contributed by atoms with van der Waals surface area (Å²) in [4.78, 5) is 2.45. The minimum atomic E-state index is -1.18. The molecule has 0 N–H and O–H groups in total. The fourth-order valence-corrected chi connectivity index (χ4v) is 6.31. The second-order valence-corrected chi connectivity index (χ2v) is 17.8. The van der Waals surface area contributed by atoms with Crippen LogP contribution in [0.15, 0.2) is 48.9 Å². The fraction of sp³-hybridized carbons (Fsp3) is 0.500. The van der Waals surface area contributed by atoms with E-state index in [4.69, 9.17) is 18.9 Å². The third-order valence-electron chi connectivity index (χ3n) is 7.95. The molecular formula is C32H42N4O4Si. The number of aryl methyl sites for hydroxylation is 1. The maximum absolute atomic E-state index is 9.84. The molecule has 0 bridgehead atoms. The molecule has 41 heavy (non-hydrogen) atoms. The number of benzene rings is 2. The first-order valence-electron chi connectivity index (χ1n) is 14.7. The second-order valence-electron chi connectivity index (χ2n) is 12.2. The highest BCUT2D eigenvalue weighted by atomic mass is 28.3. The second kappa shape index (κ2) is 13.0. The van der Waals surface area contributed by atoms with Crippen LogP contribution in [0.25, 0.3) is 10.9 Å². The minimum absolute atomic E-state index is 0.176. The molecule has 1 saturated heterocycles. The maximum Gasteiger partial charge on any atom is 0.239 e. The lowest BCUT2D eigenvalue weighted by molar-refractivity contribution is -0.0310. The molecule has 0 aliphatic carbocycles. The van der Waals surface area contributed by atoms with Crippen molar-refractivity contribution in [2.75, 3.05) is 31.2 Å². The lowest BCUT2D eigenvalue weighted by Crippen LogP contribution is -2.33. The summed E-state index contributed by atoms with van der Waals surface area (Å²) >= 11 is 0. The fourth-order valence-electron chi connectivity index (χ4n) is 5.56. The van der Waals surface area contributed by atoms with Gasteiger partial charge < -0.3 is 23.8 Å². The SMILES string of the molecule is Cc1ccc(N2CCC(c3ccc(OCCCC4OC=CO4)cc3)CC2)c2c1c(C#N)nn2COCC[Si](C)(C)C. The molecule has 0 unspecified atom stereocenters. The van der Waals surface area contributed by atoms with Crippen molar-refractivity contribution < 1.29 is 18.9 Å². The van der Waals surface area contributed by atoms with Gasteiger partial charge in [0, 0.05) is 39.6 Å². The maximum atomic E-state index is 9.84. The molecule has 0 atom stereocenters. The quantitative estimate of drug-likeness (QED) is 0.172. The van der Waals surface area contributed by atoms with E-state index in [0.717, 1.165) is 79.3 Å². The van der Waals surface area contributed by atoms with E-state index < -0.39 is 8.07 Å². The molecule has 8 nitrogen and oxygen atoms in total. The van der Waals surface area contributed by atoms with Crippen LogP contribution in [0.3, 0.4) is 0 Å². The summed E-state index contributed by atoms with van der Waals surface area (Å²) in [7, 11) is -1.18. The molecule has 0 spiro atoms. The van der Waals surface area contributed by atoms with Crippen LogP contribution in [-0.2, 0) is 20.9 Å². The summed E-state index contributed by atoms with van der Waals surface area (Å²) in [5.74, 6) is 1.41. The van der Waals surface area contributed by atoms with Gasteiger partial charge >= 0.3 is 0 Å². The van der Waals surface area contributed by atoms with Gasteiger partial charge in [-0.1, -0.05) is 37.8 Å². The number of fused-ring (bicyclic) bond motifs is 1. The van der Waals surface area contributed by atoms with Crippen LogP contribution in [0.4, 0.5) is 5.69 Å². The lowest BCUT2D eigenvalue weighted by Gasteiger charge is -2.34. The number of anilines is 1. The van der Waals surface area contributed by atoms with Crippen LogP contribution < -0.4 is 9.64 Å². The van der Waals surface area contributed by atoms with Crippen LogP contribution in [0.2, 0.25) is 25.7 Å². The van der Waals surface area contributed by atoms with E-state index in [1.807, 2.05) is 4.68 Å². The Kier molecular flexibility index (Phi) is 9.21. The Morgan fingerprint density at radius 3 is 2.44 bits per heavy atom. The zero-order valence-corrected chi connectivity index (χ0v) is 25.8. The Morgan fingerprint density at radius 2 is 1.76 bits per heavy atom. The van der Waals surface area contributed by atoms with Crippen molar-refractivity contribution in [1.29, 1.82) is 5.26 Å². The first kappa shape index (κ1) is 29.0. The molecule has 5 rings (SSSR count). The van der Waals surface area contributed by atoms with Crippen LogP contribution in [0, 0.1) is 18.3 Å². The van der Waals surface area contributed by atoms with E-state index in [2.05, 4.69) is 79.0 Å². The van der Waals surface area contributed by atoms with Gasteiger partial charge in [0.2, 0.25) is 6.29 Å². The highest BCUT2D eigenvalue weighted by molar-refractivity contribution is 6.76. The number of rotatable bonds is 12. The summed E-state index contributed by atoms with van der Waals surface area (Å²) in [5.41, 5.74) is 5.06. The van der Waals surface area contributed by atoms with Gasteiger partial charge in [-0.25, -0.2) is 4.68 Å². The first-order valence-corrected chi connectivity index (χ1v) is 18.4. The number of ether oxygens (including phenoxy) is 4. The standard InChI is InChI=1S/C32H42N4O4Si/c1-24-7-12-29(32-31(24)28(22-33)34-36(32)23-37-20-21-41(2,3)4)35-15-13-26(14-16-35)25-8-10-27(11-9-25)38-17-5-6-30-39-18-19-40-30/h7-12,18-19,26,30H,5-6,13-17,20-21,23H2,1-4H3. The molecule has 9 heteroatoms. The third-order valence-corrected chi connectivity index (χ3v) is 9.66. The van der Waals surface area contributed by atoms with Crippen molar-refractivity contribution in [2.45, 2.75) is 77.2 Å². The molecule has 2 aliphatic rings. The Morgan fingerprint density at radius 1 is 1.02 bits per heavy atom. The highest BCUT2D eigenvalue weighted by Gasteiger charge is 2.25. The molecule has 218 valence electrons. The van der Waals surface area contributed by atoms with E-state index in [0.29, 0.717) is 24.9 Å². The summed E-state index contributed by atoms with van der Waals surface area (Å²) in [6, 6.07) is 16.3. The van der Waals surface area contributed by atoms with Gasteiger partial charge in [0.25, 0.3) is 0 Å². The smallest absolute Gasteiger partial charge is 0.239 e. The van der Waals surface area contributed by atoms with Crippen molar-refractivity contribution >= 4 is 24.7 Å². The van der Waals surface area contributed by atoms with Gasteiger partial charge in [-0.2, -0.15) is 10.4 Å². The predicted molar refractivity (Wildman–Crippen MR) is 164 cm³/mol. The topological polar surface area (TPSA) is 81.8 Å². The van der Waals surface area contributed by atoms with Crippen molar-refractivity contribution in [3.05, 3.63) is 65.7 Å². The number of nitriles is 1. The summed E-state index contributed by atoms with van der Waals surface area (Å²) in [5, 5.41) is 15.4. The molecule has 0 radical (unpaired) electrons. The highest BCUT2D eigenvalue weighted by Crippen LogP contribution is 2.36. The Hall–Kier alpha value is -3.48. The van der Waals surface area contributed by atoms with E-state index >= 15 is 0 Å². The summed E-state index contributed by atoms with van der Waals surface area (Å²) < 4.78 is 24.5. The Labute approximate surface area is 244 Å². The number of piperidine rings is 1. The number of nitrogens with zero attached hydrogens (tertiary/aromatic N) is 4. The molecule has 2 aromatic carbocycles. The van der Waals surface area contributed by atoms with Gasteiger partial charge in [-0.3, -0.25) is 0 Å². The largest absolute Gasteiger partial charge is 0.494 e. The first-order chi connectivity index (χ1) is 19.8. The normalized spacial score (nSPS) is 16.1. The molecule has 3 aromatic rings. The average Bonchev–Trinajstić information content (AvgIpc) is 3.62. The van der Waals surface area contributed by atoms with Gasteiger partial charge in [0.1, 0.15) is 31.1 Å².